The first-order valence-electron chi connectivity index (χ1n) is 9.42. The number of hydrogen-bond donors (Lipinski definition) is 3. The molecule has 0 fully saturated rings. The Morgan fingerprint density at radius 2 is 1.81 bits per heavy atom. The van der Waals surface area contributed by atoms with E-state index in [-0.39, 0.29) is 28.6 Å². The van der Waals surface area contributed by atoms with Crippen LogP contribution in [-0.4, -0.2) is 35.5 Å². The third kappa shape index (κ3) is 6.45. The molecule has 0 unspecified atom stereocenters. The SMILES string of the molecule is CC(C)C[C@H](NC(=O)c1ccc(-c2cc(C(=O)O)ccc2Cl)cc1Cl)C(=O)NCC#N. The first-order chi connectivity index (χ1) is 14.6. The fraction of sp³-hybridized carbons (Fsp3) is 0.273. The normalized spacial score (nSPS) is 11.5. The highest BCUT2D eigenvalue weighted by molar-refractivity contribution is 6.35. The van der Waals surface area contributed by atoms with Gasteiger partial charge in [0.25, 0.3) is 5.91 Å². The first-order valence-corrected chi connectivity index (χ1v) is 10.2. The molecule has 0 spiro atoms. The van der Waals surface area contributed by atoms with E-state index in [9.17, 15) is 19.5 Å². The number of nitrogens with one attached hydrogen (secondary N) is 2. The molecule has 3 N–H and O–H groups in total. The van der Waals surface area contributed by atoms with Crippen LogP contribution < -0.4 is 10.6 Å². The summed E-state index contributed by atoms with van der Waals surface area (Å²) in [6, 6.07) is 9.89. The van der Waals surface area contributed by atoms with E-state index >= 15 is 0 Å². The van der Waals surface area contributed by atoms with Crippen LogP contribution in [0, 0.1) is 17.2 Å². The molecule has 0 bridgehead atoms. The zero-order chi connectivity index (χ0) is 23.1. The number of carbonyl (C=O) groups is 3. The molecule has 2 amide bonds. The molecule has 0 radical (unpaired) electrons. The summed E-state index contributed by atoms with van der Waals surface area (Å²) < 4.78 is 0. The van der Waals surface area contributed by atoms with Crippen LogP contribution in [0.5, 0.6) is 0 Å². The monoisotopic (exact) mass is 461 g/mol. The number of carboxylic acids is 1. The van der Waals surface area contributed by atoms with E-state index in [2.05, 4.69) is 10.6 Å². The zero-order valence-electron chi connectivity index (χ0n) is 16.9. The van der Waals surface area contributed by atoms with Crippen molar-refractivity contribution in [1.29, 1.82) is 5.26 Å². The summed E-state index contributed by atoms with van der Waals surface area (Å²) in [7, 11) is 0. The van der Waals surface area contributed by atoms with Gasteiger partial charge in [-0.1, -0.05) is 43.1 Å². The van der Waals surface area contributed by atoms with Gasteiger partial charge < -0.3 is 15.7 Å². The fourth-order valence-corrected chi connectivity index (χ4v) is 3.43. The van der Waals surface area contributed by atoms with Crippen molar-refractivity contribution in [3.8, 4) is 17.2 Å². The number of halogens is 2. The number of carbonyl (C=O) groups excluding carboxylic acids is 2. The van der Waals surface area contributed by atoms with Gasteiger partial charge in [0.1, 0.15) is 12.6 Å². The fourth-order valence-electron chi connectivity index (χ4n) is 2.94. The van der Waals surface area contributed by atoms with Crippen molar-refractivity contribution in [2.45, 2.75) is 26.3 Å². The molecule has 2 aromatic carbocycles. The number of carboxylic acid groups (broad SMARTS) is 1. The Morgan fingerprint density at radius 1 is 1.10 bits per heavy atom. The molecule has 2 aromatic rings. The summed E-state index contributed by atoms with van der Waals surface area (Å²) >= 11 is 12.5. The molecule has 0 heterocycles. The minimum absolute atomic E-state index is 0.0669. The van der Waals surface area contributed by atoms with E-state index in [0.717, 1.165) is 0 Å². The van der Waals surface area contributed by atoms with Crippen molar-refractivity contribution in [2.24, 2.45) is 5.92 Å². The third-order valence-corrected chi connectivity index (χ3v) is 5.05. The van der Waals surface area contributed by atoms with Gasteiger partial charge in [-0.15, -0.1) is 0 Å². The molecule has 1 atom stereocenters. The quantitative estimate of drug-likeness (QED) is 0.510. The van der Waals surface area contributed by atoms with Crippen molar-refractivity contribution in [2.75, 3.05) is 6.54 Å². The summed E-state index contributed by atoms with van der Waals surface area (Å²) in [5.74, 6) is -1.96. The Labute approximate surface area is 190 Å². The highest BCUT2D eigenvalue weighted by Gasteiger charge is 2.23. The zero-order valence-corrected chi connectivity index (χ0v) is 18.4. The van der Waals surface area contributed by atoms with Crippen LogP contribution in [0.4, 0.5) is 0 Å². The Morgan fingerprint density at radius 3 is 2.39 bits per heavy atom. The van der Waals surface area contributed by atoms with Crippen LogP contribution in [0.1, 0.15) is 41.0 Å². The summed E-state index contributed by atoms with van der Waals surface area (Å²) in [4.78, 5) is 36.3. The second-order valence-electron chi connectivity index (χ2n) is 7.23. The molecule has 31 heavy (non-hydrogen) atoms. The second kappa shape index (κ2) is 10.8. The van der Waals surface area contributed by atoms with Gasteiger partial charge in [-0.05, 0) is 48.2 Å². The van der Waals surface area contributed by atoms with Gasteiger partial charge in [-0.2, -0.15) is 5.26 Å². The Bertz CT molecular complexity index is 1050. The standard InChI is InChI=1S/C22H21Cl2N3O4/c1-12(2)9-19(21(29)26-8-7-25)27-20(28)15-5-3-13(11-18(15)24)16-10-14(22(30)31)4-6-17(16)23/h3-6,10-12,19H,8-9H2,1-2H3,(H,26,29)(H,27,28)(H,30,31)/t19-/m0/s1. The molecule has 0 aromatic heterocycles. The van der Waals surface area contributed by atoms with E-state index in [1.807, 2.05) is 19.9 Å². The van der Waals surface area contributed by atoms with Gasteiger partial charge in [0.15, 0.2) is 0 Å². The molecule has 162 valence electrons. The van der Waals surface area contributed by atoms with Crippen molar-refractivity contribution in [3.05, 3.63) is 57.6 Å². The molecule has 2 rings (SSSR count). The van der Waals surface area contributed by atoms with Gasteiger partial charge in [0, 0.05) is 10.6 Å². The van der Waals surface area contributed by atoms with Crippen LogP contribution in [0.2, 0.25) is 10.0 Å². The topological polar surface area (TPSA) is 119 Å². The summed E-state index contributed by atoms with van der Waals surface area (Å²) in [6.07, 6.45) is 0.385. The van der Waals surface area contributed by atoms with E-state index in [1.54, 1.807) is 6.07 Å². The lowest BCUT2D eigenvalue weighted by Crippen LogP contribution is -2.47. The summed E-state index contributed by atoms with van der Waals surface area (Å²) in [6.45, 7) is 3.66. The molecular formula is C22H21Cl2N3O4. The summed E-state index contributed by atoms with van der Waals surface area (Å²) in [5, 5.41) is 23.4. The molecule has 0 saturated carbocycles. The molecule has 0 aliphatic carbocycles. The van der Waals surface area contributed by atoms with Crippen molar-refractivity contribution >= 4 is 41.0 Å². The minimum atomic E-state index is -1.09. The van der Waals surface area contributed by atoms with E-state index < -0.39 is 23.8 Å². The maximum absolute atomic E-state index is 12.7. The highest BCUT2D eigenvalue weighted by atomic mass is 35.5. The smallest absolute Gasteiger partial charge is 0.335 e. The number of nitrogens with zero attached hydrogens (tertiary/aromatic N) is 1. The average Bonchev–Trinajstić information content (AvgIpc) is 2.71. The molecule has 0 aliphatic rings. The molecule has 7 nitrogen and oxygen atoms in total. The second-order valence-corrected chi connectivity index (χ2v) is 8.04. The number of aromatic carboxylic acids is 1. The number of benzene rings is 2. The van der Waals surface area contributed by atoms with E-state index in [1.165, 1.54) is 30.3 Å². The van der Waals surface area contributed by atoms with Crippen LogP contribution in [0.15, 0.2) is 36.4 Å². The van der Waals surface area contributed by atoms with Crippen LogP contribution >= 0.6 is 23.2 Å². The first kappa shape index (κ1) is 24.2. The predicted octanol–water partition coefficient (Wildman–Crippen LogP) is 4.14. The Balaban J connectivity index is 2.28. The predicted molar refractivity (Wildman–Crippen MR) is 118 cm³/mol. The Kier molecular flexibility index (Phi) is 8.43. The van der Waals surface area contributed by atoms with Gasteiger partial charge in [0.2, 0.25) is 5.91 Å². The maximum atomic E-state index is 12.7. The minimum Gasteiger partial charge on any atom is -0.478 e. The molecule has 9 heteroatoms. The molecule has 0 aliphatic heterocycles. The average molecular weight is 462 g/mol. The number of rotatable bonds is 8. The largest absolute Gasteiger partial charge is 0.478 e. The summed E-state index contributed by atoms with van der Waals surface area (Å²) in [5.41, 5.74) is 1.22. The number of hydrogen-bond acceptors (Lipinski definition) is 4. The van der Waals surface area contributed by atoms with Crippen LogP contribution in [0.25, 0.3) is 11.1 Å². The third-order valence-electron chi connectivity index (χ3n) is 4.41. The van der Waals surface area contributed by atoms with Crippen molar-refractivity contribution in [3.63, 3.8) is 0 Å². The number of amides is 2. The lowest BCUT2D eigenvalue weighted by Gasteiger charge is -2.20. The van der Waals surface area contributed by atoms with Gasteiger partial charge in [-0.25, -0.2) is 4.79 Å². The lowest BCUT2D eigenvalue weighted by atomic mass is 10.00. The number of nitriles is 1. The van der Waals surface area contributed by atoms with Gasteiger partial charge in [-0.3, -0.25) is 9.59 Å². The van der Waals surface area contributed by atoms with Gasteiger partial charge >= 0.3 is 5.97 Å². The highest BCUT2D eigenvalue weighted by Crippen LogP contribution is 2.32. The molecule has 0 saturated heterocycles. The van der Waals surface area contributed by atoms with Gasteiger partial charge in [0.05, 0.1) is 22.2 Å². The van der Waals surface area contributed by atoms with E-state index in [4.69, 9.17) is 28.5 Å². The van der Waals surface area contributed by atoms with Crippen LogP contribution in [0.3, 0.4) is 0 Å². The Hall–Kier alpha value is -3.08. The maximum Gasteiger partial charge on any atom is 0.335 e. The van der Waals surface area contributed by atoms with Crippen LogP contribution in [-0.2, 0) is 4.79 Å². The van der Waals surface area contributed by atoms with Crippen molar-refractivity contribution in [1.82, 2.24) is 10.6 Å². The van der Waals surface area contributed by atoms with E-state index in [0.29, 0.717) is 22.6 Å². The lowest BCUT2D eigenvalue weighted by molar-refractivity contribution is -0.123. The molecular weight excluding hydrogens is 441 g/mol. The van der Waals surface area contributed by atoms with Crippen molar-refractivity contribution < 1.29 is 19.5 Å².